The molecule has 0 aliphatic carbocycles. The number of hydrogen-bond acceptors (Lipinski definition) is 8. The van der Waals surface area contributed by atoms with Gasteiger partial charge < -0.3 is 5.32 Å². The smallest absolute Gasteiger partial charge is 0.269 e. The van der Waals surface area contributed by atoms with Crippen LogP contribution in [0.4, 0.5) is 10.8 Å². The molecule has 2 N–H and O–H groups in total. The van der Waals surface area contributed by atoms with E-state index in [-0.39, 0.29) is 18.0 Å². The molecule has 0 aliphatic rings. The van der Waals surface area contributed by atoms with Crippen LogP contribution < -0.4 is 10.7 Å². The summed E-state index contributed by atoms with van der Waals surface area (Å²) < 4.78 is 0. The Balaban J connectivity index is 1.82. The minimum Gasteiger partial charge on any atom is -0.301 e. The first-order valence-corrected chi connectivity index (χ1v) is 8.48. The van der Waals surface area contributed by atoms with Gasteiger partial charge in [-0.3, -0.25) is 19.7 Å². The number of aromatic nitrogens is 2. The molecule has 0 bridgehead atoms. The van der Waals surface area contributed by atoms with Crippen molar-refractivity contribution < 1.29 is 14.5 Å². The highest BCUT2D eigenvalue weighted by molar-refractivity contribution is 7.15. The molecule has 2 rings (SSSR count). The summed E-state index contributed by atoms with van der Waals surface area (Å²) in [6, 6.07) is 5.73. The van der Waals surface area contributed by atoms with Gasteiger partial charge in [-0.05, 0) is 24.1 Å². The van der Waals surface area contributed by atoms with Crippen molar-refractivity contribution in [1.29, 1.82) is 0 Å². The van der Waals surface area contributed by atoms with Gasteiger partial charge in [-0.2, -0.15) is 5.10 Å². The van der Waals surface area contributed by atoms with E-state index < -0.39 is 10.8 Å². The number of nitro benzene ring substituents is 1. The second-order valence-corrected chi connectivity index (χ2v) is 6.18. The van der Waals surface area contributed by atoms with Crippen LogP contribution in [-0.2, 0) is 16.0 Å². The number of carbonyl (C=O) groups is 2. The Morgan fingerprint density at radius 1 is 1.27 bits per heavy atom. The van der Waals surface area contributed by atoms with Gasteiger partial charge in [-0.1, -0.05) is 18.3 Å². The molecule has 1 heterocycles. The Kier molecular flexibility index (Phi) is 6.85. The van der Waals surface area contributed by atoms with E-state index in [9.17, 15) is 19.7 Å². The number of benzene rings is 1. The fourth-order valence-corrected chi connectivity index (χ4v) is 2.58. The maximum atomic E-state index is 11.8. The first-order chi connectivity index (χ1) is 12.5. The lowest BCUT2D eigenvalue weighted by Gasteiger charge is -1.97. The molecule has 0 saturated heterocycles. The Bertz CT molecular complexity index is 818. The number of carbonyl (C=O) groups excluding carboxylic acids is 2. The summed E-state index contributed by atoms with van der Waals surface area (Å²) in [5.41, 5.74) is 2.92. The fourth-order valence-electron chi connectivity index (χ4n) is 1.82. The summed E-state index contributed by atoms with van der Waals surface area (Å²) in [5, 5.41) is 25.4. The van der Waals surface area contributed by atoms with Crippen LogP contribution in [0, 0.1) is 10.1 Å². The Labute approximate surface area is 152 Å². The summed E-state index contributed by atoms with van der Waals surface area (Å²) in [7, 11) is 0. The highest BCUT2D eigenvalue weighted by Crippen LogP contribution is 2.16. The summed E-state index contributed by atoms with van der Waals surface area (Å²) in [6.45, 7) is 1.90. The number of nitro groups is 1. The molecule has 0 spiro atoms. The number of nitrogens with one attached hydrogen (secondary N) is 2. The third-order valence-electron chi connectivity index (χ3n) is 3.01. The summed E-state index contributed by atoms with van der Waals surface area (Å²) >= 11 is 1.12. The molecule has 2 amide bonds. The monoisotopic (exact) mass is 376 g/mol. The van der Waals surface area contributed by atoms with E-state index in [0.29, 0.717) is 22.1 Å². The maximum Gasteiger partial charge on any atom is 0.269 e. The largest absolute Gasteiger partial charge is 0.301 e. The van der Waals surface area contributed by atoms with Crippen molar-refractivity contribution in [3.8, 4) is 0 Å². The van der Waals surface area contributed by atoms with E-state index in [1.54, 1.807) is 0 Å². The lowest BCUT2D eigenvalue weighted by Crippen LogP contribution is -2.19. The van der Waals surface area contributed by atoms with Crippen molar-refractivity contribution in [2.24, 2.45) is 5.10 Å². The number of nitrogens with zero attached hydrogens (tertiary/aromatic N) is 4. The van der Waals surface area contributed by atoms with Crippen LogP contribution in [-0.4, -0.2) is 33.1 Å². The predicted molar refractivity (Wildman–Crippen MR) is 96.0 cm³/mol. The van der Waals surface area contributed by atoms with Gasteiger partial charge in [-0.25, -0.2) is 5.43 Å². The minimum atomic E-state index is -0.496. The normalized spacial score (nSPS) is 10.7. The molecular formula is C15H16N6O4S. The van der Waals surface area contributed by atoms with Gasteiger partial charge >= 0.3 is 0 Å². The van der Waals surface area contributed by atoms with Gasteiger partial charge in [0.25, 0.3) is 5.69 Å². The van der Waals surface area contributed by atoms with Gasteiger partial charge in [0, 0.05) is 18.6 Å². The zero-order chi connectivity index (χ0) is 18.9. The number of amides is 2. The minimum absolute atomic E-state index is 0.0238. The molecule has 0 fully saturated rings. The maximum absolute atomic E-state index is 11.8. The van der Waals surface area contributed by atoms with Crippen molar-refractivity contribution in [2.75, 3.05) is 5.32 Å². The SMILES string of the molecule is CCCC(=O)Nc1nnc(CC(=O)NN=Cc2ccc([N+](=O)[O-])cc2)s1. The Hall–Kier alpha value is -3.21. The molecule has 0 radical (unpaired) electrons. The molecule has 1 aromatic heterocycles. The van der Waals surface area contributed by atoms with Crippen molar-refractivity contribution in [2.45, 2.75) is 26.2 Å². The lowest BCUT2D eigenvalue weighted by atomic mass is 10.2. The van der Waals surface area contributed by atoms with Gasteiger partial charge in [0.15, 0.2) is 0 Å². The topological polar surface area (TPSA) is 139 Å². The highest BCUT2D eigenvalue weighted by Gasteiger charge is 2.10. The molecule has 26 heavy (non-hydrogen) atoms. The van der Waals surface area contributed by atoms with E-state index >= 15 is 0 Å². The number of hydrazone groups is 1. The van der Waals surface area contributed by atoms with Crippen LogP contribution in [0.1, 0.15) is 30.3 Å². The summed E-state index contributed by atoms with van der Waals surface area (Å²) in [4.78, 5) is 33.4. The first-order valence-electron chi connectivity index (χ1n) is 7.66. The van der Waals surface area contributed by atoms with E-state index in [2.05, 4.69) is 26.0 Å². The molecule has 2 aromatic rings. The first kappa shape index (κ1) is 19.1. The Morgan fingerprint density at radius 2 is 2.00 bits per heavy atom. The lowest BCUT2D eigenvalue weighted by molar-refractivity contribution is -0.384. The highest BCUT2D eigenvalue weighted by atomic mass is 32.1. The second kappa shape index (κ2) is 9.32. The number of hydrogen-bond donors (Lipinski definition) is 2. The van der Waals surface area contributed by atoms with Crippen LogP contribution in [0.2, 0.25) is 0 Å². The Morgan fingerprint density at radius 3 is 2.65 bits per heavy atom. The van der Waals surface area contributed by atoms with Crippen LogP contribution in [0.3, 0.4) is 0 Å². The van der Waals surface area contributed by atoms with Crippen LogP contribution in [0.5, 0.6) is 0 Å². The van der Waals surface area contributed by atoms with E-state index in [1.807, 2.05) is 6.92 Å². The van der Waals surface area contributed by atoms with Gasteiger partial charge in [-0.15, -0.1) is 10.2 Å². The second-order valence-electron chi connectivity index (χ2n) is 5.12. The van der Waals surface area contributed by atoms with E-state index in [4.69, 9.17) is 0 Å². The molecule has 1 aromatic carbocycles. The van der Waals surface area contributed by atoms with Gasteiger partial charge in [0.05, 0.1) is 17.6 Å². The average molecular weight is 376 g/mol. The molecular weight excluding hydrogens is 360 g/mol. The zero-order valence-electron chi connectivity index (χ0n) is 13.8. The van der Waals surface area contributed by atoms with E-state index in [0.717, 1.165) is 17.8 Å². The third kappa shape index (κ3) is 6.02. The molecule has 11 heteroatoms. The number of non-ortho nitro benzene ring substituents is 1. The molecule has 10 nitrogen and oxygen atoms in total. The van der Waals surface area contributed by atoms with Crippen molar-refractivity contribution in [1.82, 2.24) is 15.6 Å². The van der Waals surface area contributed by atoms with Crippen molar-refractivity contribution in [3.05, 3.63) is 45.0 Å². The molecule has 0 aliphatic heterocycles. The molecule has 0 unspecified atom stereocenters. The predicted octanol–water partition coefficient (Wildman–Crippen LogP) is 1.88. The average Bonchev–Trinajstić information content (AvgIpc) is 3.02. The van der Waals surface area contributed by atoms with Crippen molar-refractivity contribution >= 4 is 40.2 Å². The number of rotatable bonds is 8. The quantitative estimate of drug-likeness (QED) is 0.409. The standard InChI is InChI=1S/C15H16N6O4S/c1-2-3-12(22)17-15-20-19-14(26-15)8-13(23)18-16-9-10-4-6-11(7-5-10)21(24)25/h4-7,9H,2-3,8H2,1H3,(H,18,23)(H,17,20,22). The van der Waals surface area contributed by atoms with Crippen LogP contribution >= 0.6 is 11.3 Å². The molecule has 136 valence electrons. The summed E-state index contributed by atoms with van der Waals surface area (Å²) in [5.74, 6) is -0.543. The van der Waals surface area contributed by atoms with Crippen molar-refractivity contribution in [3.63, 3.8) is 0 Å². The van der Waals surface area contributed by atoms with Crippen LogP contribution in [0.15, 0.2) is 29.4 Å². The van der Waals surface area contributed by atoms with Crippen LogP contribution in [0.25, 0.3) is 0 Å². The van der Waals surface area contributed by atoms with E-state index in [1.165, 1.54) is 30.5 Å². The van der Waals surface area contributed by atoms with Gasteiger partial charge in [0.1, 0.15) is 5.01 Å². The molecule has 0 saturated carbocycles. The fraction of sp³-hybridized carbons (Fsp3) is 0.267. The number of anilines is 1. The third-order valence-corrected chi connectivity index (χ3v) is 3.85. The zero-order valence-corrected chi connectivity index (χ0v) is 14.7. The summed E-state index contributed by atoms with van der Waals surface area (Å²) in [6.07, 6.45) is 2.47. The molecule has 0 atom stereocenters. The van der Waals surface area contributed by atoms with Gasteiger partial charge in [0.2, 0.25) is 16.9 Å².